The second-order valence-electron chi connectivity index (χ2n) is 4.51. The summed E-state index contributed by atoms with van der Waals surface area (Å²) >= 11 is 2.01. The van der Waals surface area contributed by atoms with Gasteiger partial charge in [-0.2, -0.15) is 11.8 Å². The molecule has 1 heterocycles. The van der Waals surface area contributed by atoms with Crippen molar-refractivity contribution in [1.82, 2.24) is 0 Å². The highest BCUT2D eigenvalue weighted by atomic mass is 32.2. The first-order valence-electron chi connectivity index (χ1n) is 5.64. The molecule has 0 spiro atoms. The maximum Gasteiger partial charge on any atom is 0.0604 e. The van der Waals surface area contributed by atoms with E-state index < -0.39 is 0 Å². The Balaban J connectivity index is 1.83. The monoisotopic (exact) mass is 200 g/mol. The Morgan fingerprint density at radius 1 is 1.00 bits per heavy atom. The van der Waals surface area contributed by atoms with Crippen molar-refractivity contribution in [3.63, 3.8) is 0 Å². The van der Waals surface area contributed by atoms with Crippen LogP contribution in [-0.2, 0) is 0 Å². The lowest BCUT2D eigenvalue weighted by molar-refractivity contribution is 0.0425. The number of rotatable bonds is 2. The van der Waals surface area contributed by atoms with Crippen LogP contribution in [0.2, 0.25) is 0 Å². The molecule has 0 aromatic rings. The fourth-order valence-corrected chi connectivity index (χ4v) is 3.99. The van der Waals surface area contributed by atoms with E-state index in [4.69, 9.17) is 0 Å². The molecule has 2 aliphatic rings. The average Bonchev–Trinajstić information content (AvgIpc) is 2.71. The highest BCUT2D eigenvalue weighted by Gasteiger charge is 2.30. The van der Waals surface area contributed by atoms with Crippen LogP contribution in [0.5, 0.6) is 0 Å². The summed E-state index contributed by atoms with van der Waals surface area (Å²) in [4.78, 5) is 0. The third kappa shape index (κ3) is 2.41. The minimum atomic E-state index is 0.0234. The van der Waals surface area contributed by atoms with Gasteiger partial charge < -0.3 is 5.11 Å². The molecule has 0 aromatic carbocycles. The molecule has 13 heavy (non-hydrogen) atoms. The quantitative estimate of drug-likeness (QED) is 0.739. The number of aliphatic hydroxyl groups excluding tert-OH is 1. The first-order chi connectivity index (χ1) is 6.38. The van der Waals surface area contributed by atoms with Crippen LogP contribution in [0, 0.1) is 11.8 Å². The van der Waals surface area contributed by atoms with E-state index in [0.29, 0.717) is 11.8 Å². The second kappa shape index (κ2) is 4.70. The van der Waals surface area contributed by atoms with Crippen molar-refractivity contribution in [2.24, 2.45) is 11.8 Å². The van der Waals surface area contributed by atoms with Crippen LogP contribution >= 0.6 is 11.8 Å². The summed E-state index contributed by atoms with van der Waals surface area (Å²) in [7, 11) is 0. The van der Waals surface area contributed by atoms with Crippen molar-refractivity contribution in [2.75, 3.05) is 11.5 Å². The van der Waals surface area contributed by atoms with Crippen LogP contribution in [0.3, 0.4) is 0 Å². The van der Waals surface area contributed by atoms with Gasteiger partial charge in [0.2, 0.25) is 0 Å². The van der Waals surface area contributed by atoms with Gasteiger partial charge in [0.25, 0.3) is 0 Å². The summed E-state index contributed by atoms with van der Waals surface area (Å²) in [6.07, 6.45) is 7.93. The Labute approximate surface area is 85.3 Å². The minimum absolute atomic E-state index is 0.0234. The van der Waals surface area contributed by atoms with Crippen molar-refractivity contribution in [3.05, 3.63) is 0 Å². The van der Waals surface area contributed by atoms with E-state index in [1.165, 1.54) is 50.0 Å². The summed E-state index contributed by atoms with van der Waals surface area (Å²) in [6.45, 7) is 0. The summed E-state index contributed by atoms with van der Waals surface area (Å²) in [5.41, 5.74) is 0. The van der Waals surface area contributed by atoms with Crippen LogP contribution in [-0.4, -0.2) is 22.7 Å². The first-order valence-corrected chi connectivity index (χ1v) is 6.79. The summed E-state index contributed by atoms with van der Waals surface area (Å²) in [5.74, 6) is 3.73. The molecule has 2 unspecified atom stereocenters. The Morgan fingerprint density at radius 3 is 2.38 bits per heavy atom. The molecular formula is C11H20OS. The summed E-state index contributed by atoms with van der Waals surface area (Å²) < 4.78 is 0. The van der Waals surface area contributed by atoms with Gasteiger partial charge >= 0.3 is 0 Å². The van der Waals surface area contributed by atoms with Crippen molar-refractivity contribution in [1.29, 1.82) is 0 Å². The van der Waals surface area contributed by atoms with Crippen LogP contribution in [0.15, 0.2) is 0 Å². The Bertz CT molecular complexity index is 148. The molecule has 2 heteroatoms. The molecule has 1 aliphatic carbocycles. The van der Waals surface area contributed by atoms with Gasteiger partial charge in [0.05, 0.1) is 6.10 Å². The smallest absolute Gasteiger partial charge is 0.0604 e. The van der Waals surface area contributed by atoms with Gasteiger partial charge in [0.1, 0.15) is 0 Å². The van der Waals surface area contributed by atoms with E-state index in [1.54, 1.807) is 0 Å². The molecular weight excluding hydrogens is 180 g/mol. The standard InChI is InChI=1S/C11H20OS/c12-11(10-6-7-13-8-10)9-4-2-1-3-5-9/h9-12H,1-8H2. The third-order valence-electron chi connectivity index (χ3n) is 3.58. The third-order valence-corrected chi connectivity index (χ3v) is 4.77. The van der Waals surface area contributed by atoms with Crippen LogP contribution < -0.4 is 0 Å². The zero-order valence-electron chi connectivity index (χ0n) is 8.24. The maximum atomic E-state index is 10.2. The topological polar surface area (TPSA) is 20.2 Å². The molecule has 2 rings (SSSR count). The molecule has 1 aliphatic heterocycles. The van der Waals surface area contributed by atoms with Gasteiger partial charge in [0.15, 0.2) is 0 Å². The highest BCUT2D eigenvalue weighted by Crippen LogP contribution is 2.35. The zero-order chi connectivity index (χ0) is 9.10. The molecule has 1 saturated carbocycles. The minimum Gasteiger partial charge on any atom is -0.393 e. The van der Waals surface area contributed by atoms with Gasteiger partial charge in [-0.3, -0.25) is 0 Å². The Kier molecular flexibility index (Phi) is 3.56. The fraction of sp³-hybridized carbons (Fsp3) is 1.00. The number of thioether (sulfide) groups is 1. The Morgan fingerprint density at radius 2 is 1.77 bits per heavy atom. The first kappa shape index (κ1) is 9.85. The number of hydrogen-bond acceptors (Lipinski definition) is 2. The average molecular weight is 200 g/mol. The molecule has 0 aromatic heterocycles. The van der Waals surface area contributed by atoms with Gasteiger partial charge in [0, 0.05) is 0 Å². The van der Waals surface area contributed by atoms with Crippen molar-refractivity contribution >= 4 is 11.8 Å². The Hall–Kier alpha value is 0.310. The molecule has 1 nitrogen and oxygen atoms in total. The van der Waals surface area contributed by atoms with E-state index in [2.05, 4.69) is 0 Å². The van der Waals surface area contributed by atoms with E-state index in [0.717, 1.165) is 0 Å². The maximum absolute atomic E-state index is 10.2. The highest BCUT2D eigenvalue weighted by molar-refractivity contribution is 7.99. The molecule has 1 saturated heterocycles. The van der Waals surface area contributed by atoms with Crippen molar-refractivity contribution in [2.45, 2.75) is 44.6 Å². The van der Waals surface area contributed by atoms with Gasteiger partial charge in [-0.15, -0.1) is 0 Å². The van der Waals surface area contributed by atoms with Crippen molar-refractivity contribution < 1.29 is 5.11 Å². The second-order valence-corrected chi connectivity index (χ2v) is 5.66. The summed E-state index contributed by atoms with van der Waals surface area (Å²) in [5, 5.41) is 10.2. The molecule has 0 amide bonds. The van der Waals surface area contributed by atoms with E-state index in [1.807, 2.05) is 11.8 Å². The largest absolute Gasteiger partial charge is 0.393 e. The lowest BCUT2D eigenvalue weighted by Gasteiger charge is -2.30. The zero-order valence-corrected chi connectivity index (χ0v) is 9.06. The van der Waals surface area contributed by atoms with E-state index in [9.17, 15) is 5.11 Å². The van der Waals surface area contributed by atoms with Gasteiger partial charge in [-0.1, -0.05) is 19.3 Å². The van der Waals surface area contributed by atoms with E-state index in [-0.39, 0.29) is 6.10 Å². The fourth-order valence-electron chi connectivity index (χ4n) is 2.68. The summed E-state index contributed by atoms with van der Waals surface area (Å²) in [6, 6.07) is 0. The van der Waals surface area contributed by atoms with E-state index >= 15 is 0 Å². The predicted octanol–water partition coefficient (Wildman–Crippen LogP) is 2.68. The molecule has 0 bridgehead atoms. The molecule has 2 fully saturated rings. The van der Waals surface area contributed by atoms with Crippen LogP contribution in [0.25, 0.3) is 0 Å². The molecule has 1 N–H and O–H groups in total. The molecule has 76 valence electrons. The van der Waals surface area contributed by atoms with Gasteiger partial charge in [-0.05, 0) is 42.6 Å². The van der Waals surface area contributed by atoms with Crippen LogP contribution in [0.4, 0.5) is 0 Å². The lowest BCUT2D eigenvalue weighted by Crippen LogP contribution is -2.30. The number of aliphatic hydroxyl groups is 1. The van der Waals surface area contributed by atoms with Gasteiger partial charge in [-0.25, -0.2) is 0 Å². The number of hydrogen-bond donors (Lipinski definition) is 1. The predicted molar refractivity (Wildman–Crippen MR) is 58.0 cm³/mol. The SMILES string of the molecule is OC(C1CCCCC1)C1CCSC1. The van der Waals surface area contributed by atoms with Crippen molar-refractivity contribution in [3.8, 4) is 0 Å². The van der Waals surface area contributed by atoms with Crippen LogP contribution in [0.1, 0.15) is 38.5 Å². The lowest BCUT2D eigenvalue weighted by atomic mass is 9.80. The molecule has 2 atom stereocenters. The normalized spacial score (nSPS) is 33.5. The molecule has 0 radical (unpaired) electrons.